The quantitative estimate of drug-likeness (QED) is 0.287. The molecule has 0 saturated heterocycles. The summed E-state index contributed by atoms with van der Waals surface area (Å²) in [6.07, 6.45) is 6.94. The van der Waals surface area contributed by atoms with Gasteiger partial charge >= 0.3 is 6.03 Å². The van der Waals surface area contributed by atoms with Crippen LogP contribution >= 0.6 is 0 Å². The molecule has 0 unspecified atom stereocenters. The van der Waals surface area contributed by atoms with E-state index in [0.29, 0.717) is 18.2 Å². The third-order valence-electron chi connectivity index (χ3n) is 6.81. The van der Waals surface area contributed by atoms with Gasteiger partial charge in [-0.15, -0.1) is 0 Å². The second-order valence-electron chi connectivity index (χ2n) is 9.21. The zero-order valence-corrected chi connectivity index (χ0v) is 19.5. The van der Waals surface area contributed by atoms with Gasteiger partial charge in [0.25, 0.3) is 5.69 Å². The van der Waals surface area contributed by atoms with Gasteiger partial charge in [-0.3, -0.25) is 15.0 Å². The Labute approximate surface area is 204 Å². The highest BCUT2D eigenvalue weighted by Crippen LogP contribution is 2.37. The number of carbonyl (C=O) groups is 1. The van der Waals surface area contributed by atoms with Crippen LogP contribution in [0.4, 0.5) is 21.9 Å². The van der Waals surface area contributed by atoms with E-state index in [1.807, 2.05) is 54.6 Å². The van der Waals surface area contributed by atoms with Gasteiger partial charge in [-0.25, -0.2) is 9.80 Å². The second kappa shape index (κ2) is 10.1. The molecule has 1 saturated carbocycles. The molecule has 1 fully saturated rings. The largest absolute Gasteiger partial charge is 0.349 e. The molecule has 2 amide bonds. The van der Waals surface area contributed by atoms with Crippen molar-refractivity contribution in [3.05, 3.63) is 100 Å². The van der Waals surface area contributed by atoms with Crippen molar-refractivity contribution in [3.8, 4) is 0 Å². The van der Waals surface area contributed by atoms with Gasteiger partial charge in [-0.1, -0.05) is 80.6 Å². The second-order valence-corrected chi connectivity index (χ2v) is 9.21. The van der Waals surface area contributed by atoms with Gasteiger partial charge in [0, 0.05) is 17.7 Å². The number of hydrogen-bond acceptors (Lipinski definition) is 4. The molecule has 2 aliphatic rings. The zero-order chi connectivity index (χ0) is 24.2. The van der Waals surface area contributed by atoms with Crippen molar-refractivity contribution in [3.63, 3.8) is 0 Å². The minimum atomic E-state index is -0.435. The predicted octanol–water partition coefficient (Wildman–Crippen LogP) is 7.04. The molecule has 1 aliphatic carbocycles. The van der Waals surface area contributed by atoms with Gasteiger partial charge in [0.05, 0.1) is 28.6 Å². The Morgan fingerprint density at radius 3 is 2.29 bits per heavy atom. The fraction of sp³-hybridized carbons (Fsp3) is 0.286. The maximum atomic E-state index is 14.0. The summed E-state index contributed by atoms with van der Waals surface area (Å²) in [7, 11) is 0. The maximum Gasteiger partial charge on any atom is 0.349 e. The summed E-state index contributed by atoms with van der Waals surface area (Å²) in [5, 5.41) is 17.7. The Bertz CT molecular complexity index is 1230. The van der Waals surface area contributed by atoms with E-state index in [1.165, 1.54) is 49.2 Å². The first-order chi connectivity index (χ1) is 17.1. The number of para-hydroxylation sites is 1. The molecule has 0 atom stereocenters. The van der Waals surface area contributed by atoms with E-state index in [0.717, 1.165) is 28.9 Å². The zero-order valence-electron chi connectivity index (χ0n) is 19.5. The number of carbonyl (C=O) groups excluding carboxylic acids is 1. The average Bonchev–Trinajstić information content (AvgIpc) is 3.00. The van der Waals surface area contributed by atoms with E-state index in [9.17, 15) is 14.9 Å². The molecule has 0 radical (unpaired) electrons. The lowest BCUT2D eigenvalue weighted by Gasteiger charge is -2.26. The Balaban J connectivity index is 1.59. The van der Waals surface area contributed by atoms with Crippen LogP contribution in [0.15, 0.2) is 84.0 Å². The van der Waals surface area contributed by atoms with E-state index in [1.54, 1.807) is 17.0 Å². The molecule has 3 aromatic rings. The van der Waals surface area contributed by atoms with Crippen molar-refractivity contribution < 1.29 is 9.72 Å². The molecule has 3 aromatic carbocycles. The number of rotatable bonds is 6. The molecule has 1 aliphatic heterocycles. The first-order valence-corrected chi connectivity index (χ1v) is 12.2. The van der Waals surface area contributed by atoms with E-state index in [-0.39, 0.29) is 11.7 Å². The maximum absolute atomic E-state index is 14.0. The summed E-state index contributed by atoms with van der Waals surface area (Å²) in [5.74, 6) is 0.551. The normalized spacial score (nSPS) is 16.5. The van der Waals surface area contributed by atoms with Crippen LogP contribution < -0.4 is 4.90 Å². The SMILES string of the molecule is O=C1N(Cc2ccccc2)N=C(CC2CCCCC2)c2ccccc2N1c1ccc([N+](=O)[O-])cc1. The van der Waals surface area contributed by atoms with Crippen LogP contribution in [0.3, 0.4) is 0 Å². The van der Waals surface area contributed by atoms with Crippen molar-refractivity contribution in [2.75, 3.05) is 4.90 Å². The number of anilines is 2. The number of hydrogen-bond donors (Lipinski definition) is 0. The van der Waals surface area contributed by atoms with Crippen LogP contribution in [-0.2, 0) is 6.54 Å². The first-order valence-electron chi connectivity index (χ1n) is 12.2. The lowest BCUT2D eigenvalue weighted by molar-refractivity contribution is -0.384. The molecule has 178 valence electrons. The first kappa shape index (κ1) is 22.8. The summed E-state index contributed by atoms with van der Waals surface area (Å²) >= 11 is 0. The van der Waals surface area contributed by atoms with Crippen LogP contribution in [0.25, 0.3) is 0 Å². The molecule has 1 heterocycles. The fourth-order valence-corrected chi connectivity index (χ4v) is 5.02. The minimum Gasteiger partial charge on any atom is -0.261 e. The topological polar surface area (TPSA) is 79.0 Å². The molecular weight excluding hydrogens is 440 g/mol. The summed E-state index contributed by atoms with van der Waals surface area (Å²) in [4.78, 5) is 26.4. The van der Waals surface area contributed by atoms with E-state index in [2.05, 4.69) is 0 Å². The lowest BCUT2D eigenvalue weighted by atomic mass is 9.84. The number of urea groups is 1. The molecular formula is C28H28N4O3. The van der Waals surface area contributed by atoms with Crippen LogP contribution in [-0.4, -0.2) is 21.7 Å². The van der Waals surface area contributed by atoms with Crippen molar-refractivity contribution in [1.29, 1.82) is 0 Å². The highest BCUT2D eigenvalue weighted by atomic mass is 16.6. The number of nitro benzene ring substituents is 1. The number of fused-ring (bicyclic) bond motifs is 1. The molecule has 7 nitrogen and oxygen atoms in total. The molecule has 0 N–H and O–H groups in total. The standard InChI is InChI=1S/C28H28N4O3/c33-28-30(20-22-11-5-2-6-12-22)29-26(19-21-9-3-1-4-10-21)25-13-7-8-14-27(25)31(28)23-15-17-24(18-16-23)32(34)35/h2,5-8,11-18,21H,1,3-4,9-10,19-20H2. The monoisotopic (exact) mass is 468 g/mol. The average molecular weight is 469 g/mol. The highest BCUT2D eigenvalue weighted by Gasteiger charge is 2.32. The Morgan fingerprint density at radius 1 is 0.886 bits per heavy atom. The fourth-order valence-electron chi connectivity index (χ4n) is 5.02. The van der Waals surface area contributed by atoms with Crippen LogP contribution in [0.1, 0.15) is 49.7 Å². The number of benzene rings is 3. The third-order valence-corrected chi connectivity index (χ3v) is 6.81. The highest BCUT2D eigenvalue weighted by molar-refractivity contribution is 6.13. The lowest BCUT2D eigenvalue weighted by Crippen LogP contribution is -2.36. The molecule has 35 heavy (non-hydrogen) atoms. The summed E-state index contributed by atoms with van der Waals surface area (Å²) in [6, 6.07) is 23.5. The predicted molar refractivity (Wildman–Crippen MR) is 137 cm³/mol. The van der Waals surface area contributed by atoms with Crippen molar-refractivity contribution in [2.24, 2.45) is 11.0 Å². The molecule has 5 rings (SSSR count). The molecule has 0 spiro atoms. The van der Waals surface area contributed by atoms with E-state index < -0.39 is 4.92 Å². The van der Waals surface area contributed by atoms with Crippen LogP contribution in [0, 0.1) is 16.0 Å². The summed E-state index contributed by atoms with van der Waals surface area (Å²) in [6.45, 7) is 0.339. The minimum absolute atomic E-state index is 0.0142. The van der Waals surface area contributed by atoms with Crippen LogP contribution in [0.2, 0.25) is 0 Å². The Kier molecular flexibility index (Phi) is 6.57. The number of amides is 2. The van der Waals surface area contributed by atoms with Gasteiger partial charge in [-0.05, 0) is 36.1 Å². The van der Waals surface area contributed by atoms with Gasteiger partial charge in [0.1, 0.15) is 0 Å². The molecule has 7 heteroatoms. The van der Waals surface area contributed by atoms with Gasteiger partial charge < -0.3 is 0 Å². The Morgan fingerprint density at radius 2 is 1.57 bits per heavy atom. The smallest absolute Gasteiger partial charge is 0.261 e. The number of nitro groups is 1. The van der Waals surface area contributed by atoms with Crippen molar-refractivity contribution in [1.82, 2.24) is 5.01 Å². The molecule has 0 bridgehead atoms. The van der Waals surface area contributed by atoms with E-state index in [4.69, 9.17) is 5.10 Å². The third kappa shape index (κ3) is 4.94. The number of non-ortho nitro benzene ring substituents is 1. The molecule has 0 aromatic heterocycles. The van der Waals surface area contributed by atoms with Crippen LogP contribution in [0.5, 0.6) is 0 Å². The summed E-state index contributed by atoms with van der Waals surface area (Å²) in [5.41, 5.74) is 4.13. The van der Waals surface area contributed by atoms with Gasteiger partial charge in [0.15, 0.2) is 0 Å². The van der Waals surface area contributed by atoms with Gasteiger partial charge in [-0.2, -0.15) is 5.10 Å². The van der Waals surface area contributed by atoms with Crippen molar-refractivity contribution in [2.45, 2.75) is 45.1 Å². The number of nitrogens with zero attached hydrogens (tertiary/aromatic N) is 4. The van der Waals surface area contributed by atoms with Gasteiger partial charge in [0.2, 0.25) is 0 Å². The summed E-state index contributed by atoms with van der Waals surface area (Å²) < 4.78 is 0. The Hall–Kier alpha value is -4.00. The van der Waals surface area contributed by atoms with Crippen molar-refractivity contribution >= 4 is 28.8 Å². The van der Waals surface area contributed by atoms with E-state index >= 15 is 0 Å². The number of hydrazone groups is 1.